The van der Waals surface area contributed by atoms with Crippen molar-refractivity contribution >= 4 is 23.2 Å². The van der Waals surface area contributed by atoms with Gasteiger partial charge in [0, 0.05) is 16.6 Å². The second kappa shape index (κ2) is 5.06. The molecule has 0 unspecified atom stereocenters. The molecule has 2 nitrogen and oxygen atoms in total. The summed E-state index contributed by atoms with van der Waals surface area (Å²) in [5, 5.41) is 4.52. The van der Waals surface area contributed by atoms with E-state index in [4.69, 9.17) is 27.9 Å². The molecule has 1 atom stereocenters. The molecule has 1 aromatic carbocycles. The van der Waals surface area contributed by atoms with E-state index in [2.05, 4.69) is 5.32 Å². The molecule has 1 N–H and O–H groups in total. The van der Waals surface area contributed by atoms with Gasteiger partial charge in [0.1, 0.15) is 11.9 Å². The van der Waals surface area contributed by atoms with Crippen LogP contribution in [0.2, 0.25) is 10.0 Å². The van der Waals surface area contributed by atoms with Crippen LogP contribution in [0.15, 0.2) is 18.2 Å². The molecule has 82 valence electrons. The Balaban J connectivity index is 2.02. The van der Waals surface area contributed by atoms with Crippen LogP contribution < -0.4 is 10.1 Å². The van der Waals surface area contributed by atoms with Gasteiger partial charge < -0.3 is 10.1 Å². The van der Waals surface area contributed by atoms with E-state index in [9.17, 15) is 0 Å². The van der Waals surface area contributed by atoms with E-state index in [-0.39, 0.29) is 6.10 Å². The molecule has 1 fully saturated rings. The molecule has 1 heterocycles. The number of benzene rings is 1. The van der Waals surface area contributed by atoms with Crippen molar-refractivity contribution in [3.63, 3.8) is 0 Å². The molecule has 0 radical (unpaired) electrons. The van der Waals surface area contributed by atoms with Gasteiger partial charge in [-0.05, 0) is 37.6 Å². The van der Waals surface area contributed by atoms with Crippen LogP contribution in [0.3, 0.4) is 0 Å². The molecule has 1 aliphatic rings. The molecule has 0 spiro atoms. The maximum atomic E-state index is 5.89. The van der Waals surface area contributed by atoms with Crippen molar-refractivity contribution in [1.82, 2.24) is 5.32 Å². The SMILES string of the molecule is Clc1cc(Cl)cc(O[C@H]2CCCNC2)c1. The highest BCUT2D eigenvalue weighted by Gasteiger charge is 2.14. The molecule has 1 aliphatic heterocycles. The van der Waals surface area contributed by atoms with E-state index in [0.717, 1.165) is 31.7 Å². The summed E-state index contributed by atoms with van der Waals surface area (Å²) in [7, 11) is 0. The molecule has 1 saturated heterocycles. The van der Waals surface area contributed by atoms with Gasteiger partial charge in [-0.15, -0.1) is 0 Å². The second-order valence-corrected chi connectivity index (χ2v) is 4.56. The Bertz CT molecular complexity index is 317. The first-order chi connectivity index (χ1) is 7.24. The molecule has 0 aromatic heterocycles. The first-order valence-corrected chi connectivity index (χ1v) is 5.83. The Labute approximate surface area is 99.5 Å². The maximum absolute atomic E-state index is 5.89. The van der Waals surface area contributed by atoms with Crippen LogP contribution in [0.1, 0.15) is 12.8 Å². The van der Waals surface area contributed by atoms with Crippen molar-refractivity contribution in [1.29, 1.82) is 0 Å². The fraction of sp³-hybridized carbons (Fsp3) is 0.455. The van der Waals surface area contributed by atoms with Crippen LogP contribution in [0.5, 0.6) is 5.75 Å². The quantitative estimate of drug-likeness (QED) is 0.865. The van der Waals surface area contributed by atoms with Crippen LogP contribution in [0.25, 0.3) is 0 Å². The summed E-state index contributed by atoms with van der Waals surface area (Å²) in [6.07, 6.45) is 2.46. The minimum atomic E-state index is 0.230. The lowest BCUT2D eigenvalue weighted by molar-refractivity contribution is 0.167. The summed E-state index contributed by atoms with van der Waals surface area (Å²) in [5.41, 5.74) is 0. The van der Waals surface area contributed by atoms with Gasteiger partial charge in [-0.25, -0.2) is 0 Å². The molecule has 0 saturated carbocycles. The van der Waals surface area contributed by atoms with Gasteiger partial charge >= 0.3 is 0 Å². The van der Waals surface area contributed by atoms with Crippen molar-refractivity contribution < 1.29 is 4.74 Å². The number of rotatable bonds is 2. The normalized spacial score (nSPS) is 21.3. The van der Waals surface area contributed by atoms with E-state index in [1.165, 1.54) is 0 Å². The summed E-state index contributed by atoms with van der Waals surface area (Å²) < 4.78 is 5.79. The average molecular weight is 246 g/mol. The van der Waals surface area contributed by atoms with Crippen LogP contribution in [-0.4, -0.2) is 19.2 Å². The van der Waals surface area contributed by atoms with Crippen molar-refractivity contribution in [2.45, 2.75) is 18.9 Å². The Morgan fingerprint density at radius 2 is 1.93 bits per heavy atom. The lowest BCUT2D eigenvalue weighted by atomic mass is 10.1. The maximum Gasteiger partial charge on any atom is 0.122 e. The lowest BCUT2D eigenvalue weighted by Crippen LogP contribution is -2.37. The van der Waals surface area contributed by atoms with E-state index in [1.54, 1.807) is 18.2 Å². The van der Waals surface area contributed by atoms with E-state index < -0.39 is 0 Å². The smallest absolute Gasteiger partial charge is 0.122 e. The molecular weight excluding hydrogens is 233 g/mol. The molecule has 15 heavy (non-hydrogen) atoms. The fourth-order valence-corrected chi connectivity index (χ4v) is 2.22. The number of hydrogen-bond donors (Lipinski definition) is 1. The van der Waals surface area contributed by atoms with Gasteiger partial charge in [-0.1, -0.05) is 23.2 Å². The van der Waals surface area contributed by atoms with Gasteiger partial charge in [0.15, 0.2) is 0 Å². The molecule has 0 amide bonds. The summed E-state index contributed by atoms with van der Waals surface area (Å²) in [6.45, 7) is 1.97. The Morgan fingerprint density at radius 1 is 1.20 bits per heavy atom. The van der Waals surface area contributed by atoms with Gasteiger partial charge in [0.05, 0.1) is 0 Å². The molecule has 0 aliphatic carbocycles. The summed E-state index contributed by atoms with van der Waals surface area (Å²) in [5.74, 6) is 0.751. The van der Waals surface area contributed by atoms with Crippen molar-refractivity contribution in [2.24, 2.45) is 0 Å². The number of nitrogens with one attached hydrogen (secondary N) is 1. The Kier molecular flexibility index (Phi) is 3.73. The minimum Gasteiger partial charge on any atom is -0.489 e. The average Bonchev–Trinajstić information content (AvgIpc) is 2.17. The molecule has 2 rings (SSSR count). The summed E-state index contributed by atoms with van der Waals surface area (Å²) >= 11 is 11.8. The van der Waals surface area contributed by atoms with Crippen LogP contribution in [0.4, 0.5) is 0 Å². The van der Waals surface area contributed by atoms with Crippen molar-refractivity contribution in [3.05, 3.63) is 28.2 Å². The van der Waals surface area contributed by atoms with Crippen molar-refractivity contribution in [2.75, 3.05) is 13.1 Å². The third kappa shape index (κ3) is 3.26. The predicted octanol–water partition coefficient (Wildman–Crippen LogP) is 3.12. The zero-order valence-electron chi connectivity index (χ0n) is 8.30. The highest BCUT2D eigenvalue weighted by atomic mass is 35.5. The Morgan fingerprint density at radius 3 is 2.53 bits per heavy atom. The van der Waals surface area contributed by atoms with Gasteiger partial charge in [0.25, 0.3) is 0 Å². The second-order valence-electron chi connectivity index (χ2n) is 3.69. The lowest BCUT2D eigenvalue weighted by Gasteiger charge is -2.24. The van der Waals surface area contributed by atoms with Crippen LogP contribution in [-0.2, 0) is 0 Å². The largest absolute Gasteiger partial charge is 0.489 e. The third-order valence-electron chi connectivity index (χ3n) is 2.39. The highest BCUT2D eigenvalue weighted by Crippen LogP contribution is 2.25. The minimum absolute atomic E-state index is 0.230. The first-order valence-electron chi connectivity index (χ1n) is 5.07. The zero-order chi connectivity index (χ0) is 10.7. The van der Waals surface area contributed by atoms with Gasteiger partial charge in [-0.2, -0.15) is 0 Å². The summed E-state index contributed by atoms with van der Waals surface area (Å²) in [4.78, 5) is 0. The number of ether oxygens (including phenoxy) is 1. The number of piperidine rings is 1. The number of hydrogen-bond acceptors (Lipinski definition) is 2. The van der Waals surface area contributed by atoms with Gasteiger partial charge in [-0.3, -0.25) is 0 Å². The third-order valence-corrected chi connectivity index (χ3v) is 2.83. The molecule has 0 bridgehead atoms. The van der Waals surface area contributed by atoms with Gasteiger partial charge in [0.2, 0.25) is 0 Å². The van der Waals surface area contributed by atoms with E-state index in [1.807, 2.05) is 0 Å². The standard InChI is InChI=1S/C11H13Cl2NO/c12-8-4-9(13)6-11(5-8)15-10-2-1-3-14-7-10/h4-6,10,14H,1-3,7H2/t10-/m0/s1. The van der Waals surface area contributed by atoms with Crippen LogP contribution in [0, 0.1) is 0 Å². The van der Waals surface area contributed by atoms with Crippen molar-refractivity contribution in [3.8, 4) is 5.75 Å². The van der Waals surface area contributed by atoms with Crippen LogP contribution >= 0.6 is 23.2 Å². The molecule has 1 aromatic rings. The zero-order valence-corrected chi connectivity index (χ0v) is 9.81. The monoisotopic (exact) mass is 245 g/mol. The fourth-order valence-electron chi connectivity index (χ4n) is 1.71. The van der Waals surface area contributed by atoms with E-state index >= 15 is 0 Å². The first kappa shape index (κ1) is 11.1. The molecule has 4 heteroatoms. The molecular formula is C11H13Cl2NO. The summed E-state index contributed by atoms with van der Waals surface area (Å²) in [6, 6.07) is 5.29. The predicted molar refractivity (Wildman–Crippen MR) is 63.0 cm³/mol. The Hall–Kier alpha value is -0.440. The highest BCUT2D eigenvalue weighted by molar-refractivity contribution is 6.34. The topological polar surface area (TPSA) is 21.3 Å². The number of halogens is 2. The van der Waals surface area contributed by atoms with E-state index in [0.29, 0.717) is 10.0 Å².